The molecule has 1 amide bonds. The molecule has 0 radical (unpaired) electrons. The van der Waals surface area contributed by atoms with E-state index in [0.29, 0.717) is 10.6 Å². The molecule has 22 heavy (non-hydrogen) atoms. The number of carbonyl (C=O) groups excluding carboxylic acids is 1. The van der Waals surface area contributed by atoms with E-state index < -0.39 is 29.7 Å². The second kappa shape index (κ2) is 6.85. The van der Waals surface area contributed by atoms with Gasteiger partial charge in [0.25, 0.3) is 5.91 Å². The van der Waals surface area contributed by atoms with Crippen LogP contribution in [-0.2, 0) is 0 Å². The van der Waals surface area contributed by atoms with Gasteiger partial charge in [0.15, 0.2) is 11.6 Å². The van der Waals surface area contributed by atoms with E-state index in [2.05, 4.69) is 5.32 Å². The molecule has 1 aromatic carbocycles. The summed E-state index contributed by atoms with van der Waals surface area (Å²) in [5.74, 6) is -2.00. The molecular weight excluding hydrogens is 312 g/mol. The molecular formula is C15H15F2NO3S. The van der Waals surface area contributed by atoms with Gasteiger partial charge in [-0.05, 0) is 36.1 Å². The Labute approximate surface area is 130 Å². The minimum atomic E-state index is -1.16. The third-order valence-corrected chi connectivity index (χ3v) is 4.07. The molecule has 1 aromatic heterocycles. The summed E-state index contributed by atoms with van der Waals surface area (Å²) < 4.78 is 31.2. The molecule has 0 saturated heterocycles. The molecule has 0 saturated carbocycles. The first-order valence-corrected chi connectivity index (χ1v) is 7.37. The molecule has 1 heterocycles. The van der Waals surface area contributed by atoms with Gasteiger partial charge in [-0.25, -0.2) is 8.78 Å². The lowest BCUT2D eigenvalue weighted by atomic mass is 10.0. The standard InChI is InChI=1S/C15H15F2NO3S/c1-8(13(19)9-3-4-10(16)11(17)7-9)18-15(20)14-12(21-2)5-6-22-14/h3-8,13,19H,1-2H3,(H,18,20). The molecule has 0 aliphatic carbocycles. The fraction of sp³-hybridized carbons (Fsp3) is 0.267. The Kier molecular flexibility index (Phi) is 5.10. The normalized spacial score (nSPS) is 13.5. The maximum absolute atomic E-state index is 13.2. The van der Waals surface area contributed by atoms with Crippen molar-refractivity contribution >= 4 is 17.2 Å². The molecule has 2 N–H and O–H groups in total. The Bertz CT molecular complexity index is 675. The number of aliphatic hydroxyl groups is 1. The van der Waals surface area contributed by atoms with E-state index in [1.807, 2.05) is 0 Å². The minimum Gasteiger partial charge on any atom is -0.495 e. The second-order valence-electron chi connectivity index (χ2n) is 4.70. The molecule has 2 unspecified atom stereocenters. The van der Waals surface area contributed by atoms with Gasteiger partial charge in [-0.1, -0.05) is 6.07 Å². The van der Waals surface area contributed by atoms with E-state index in [0.717, 1.165) is 12.1 Å². The van der Waals surface area contributed by atoms with Crippen molar-refractivity contribution in [3.63, 3.8) is 0 Å². The topological polar surface area (TPSA) is 58.6 Å². The highest BCUT2D eigenvalue weighted by molar-refractivity contribution is 7.12. The van der Waals surface area contributed by atoms with Crippen molar-refractivity contribution in [2.45, 2.75) is 19.1 Å². The molecule has 2 rings (SSSR count). The van der Waals surface area contributed by atoms with Crippen LogP contribution in [0.1, 0.15) is 28.3 Å². The maximum atomic E-state index is 13.2. The SMILES string of the molecule is COc1ccsc1C(=O)NC(C)C(O)c1ccc(F)c(F)c1. The van der Waals surface area contributed by atoms with Crippen LogP contribution in [-0.4, -0.2) is 24.2 Å². The van der Waals surface area contributed by atoms with Gasteiger partial charge in [0.05, 0.1) is 19.3 Å². The fourth-order valence-electron chi connectivity index (χ4n) is 1.96. The summed E-state index contributed by atoms with van der Waals surface area (Å²) in [5.41, 5.74) is 0.185. The van der Waals surface area contributed by atoms with E-state index in [9.17, 15) is 18.7 Å². The number of nitrogens with one attached hydrogen (secondary N) is 1. The van der Waals surface area contributed by atoms with Gasteiger partial charge in [-0.15, -0.1) is 11.3 Å². The molecule has 7 heteroatoms. The van der Waals surface area contributed by atoms with Crippen molar-refractivity contribution in [3.05, 3.63) is 51.7 Å². The van der Waals surface area contributed by atoms with Crippen molar-refractivity contribution in [2.75, 3.05) is 7.11 Å². The molecule has 2 aromatic rings. The Morgan fingerprint density at radius 3 is 2.68 bits per heavy atom. The van der Waals surface area contributed by atoms with Crippen molar-refractivity contribution in [2.24, 2.45) is 0 Å². The minimum absolute atomic E-state index is 0.185. The van der Waals surface area contributed by atoms with Gasteiger partial charge < -0.3 is 15.2 Å². The summed E-state index contributed by atoms with van der Waals surface area (Å²) in [6, 6.07) is 4.09. The van der Waals surface area contributed by atoms with Crippen LogP contribution in [0.25, 0.3) is 0 Å². The summed E-state index contributed by atoms with van der Waals surface area (Å²) >= 11 is 1.21. The highest BCUT2D eigenvalue weighted by Gasteiger charge is 2.22. The van der Waals surface area contributed by atoms with Gasteiger partial charge in [-0.2, -0.15) is 0 Å². The lowest BCUT2D eigenvalue weighted by Gasteiger charge is -2.20. The summed E-state index contributed by atoms with van der Waals surface area (Å²) in [6.07, 6.45) is -1.16. The van der Waals surface area contributed by atoms with Crippen LogP contribution in [0, 0.1) is 11.6 Å². The Balaban J connectivity index is 2.09. The summed E-state index contributed by atoms with van der Waals surface area (Å²) in [6.45, 7) is 1.57. The monoisotopic (exact) mass is 327 g/mol. The first-order chi connectivity index (χ1) is 10.4. The van der Waals surface area contributed by atoms with Gasteiger partial charge in [0.2, 0.25) is 0 Å². The van der Waals surface area contributed by atoms with E-state index in [1.165, 1.54) is 24.5 Å². The number of amides is 1. The molecule has 0 aliphatic heterocycles. The summed E-state index contributed by atoms with van der Waals surface area (Å²) in [5, 5.41) is 14.5. The van der Waals surface area contributed by atoms with Crippen LogP contribution in [0.15, 0.2) is 29.6 Å². The zero-order chi connectivity index (χ0) is 16.3. The summed E-state index contributed by atoms with van der Waals surface area (Å²) in [4.78, 5) is 12.5. The first-order valence-electron chi connectivity index (χ1n) is 6.49. The lowest BCUT2D eigenvalue weighted by molar-refractivity contribution is 0.0853. The fourth-order valence-corrected chi connectivity index (χ4v) is 2.72. The largest absolute Gasteiger partial charge is 0.495 e. The predicted octanol–water partition coefficient (Wildman–Crippen LogP) is 2.89. The van der Waals surface area contributed by atoms with Crippen LogP contribution in [0.5, 0.6) is 5.75 Å². The number of ether oxygens (including phenoxy) is 1. The lowest BCUT2D eigenvalue weighted by Crippen LogP contribution is -2.36. The van der Waals surface area contributed by atoms with Crippen LogP contribution >= 0.6 is 11.3 Å². The van der Waals surface area contributed by atoms with Gasteiger partial charge in [-0.3, -0.25) is 4.79 Å². The maximum Gasteiger partial charge on any atom is 0.265 e. The summed E-state index contributed by atoms with van der Waals surface area (Å²) in [7, 11) is 1.46. The van der Waals surface area contributed by atoms with Gasteiger partial charge >= 0.3 is 0 Å². The van der Waals surface area contributed by atoms with Crippen LogP contribution in [0.4, 0.5) is 8.78 Å². The average Bonchev–Trinajstić information content (AvgIpc) is 2.97. The van der Waals surface area contributed by atoms with E-state index in [1.54, 1.807) is 18.4 Å². The predicted molar refractivity (Wildman–Crippen MR) is 79.1 cm³/mol. The van der Waals surface area contributed by atoms with Crippen molar-refractivity contribution in [1.29, 1.82) is 0 Å². The zero-order valence-electron chi connectivity index (χ0n) is 12.0. The van der Waals surface area contributed by atoms with E-state index >= 15 is 0 Å². The van der Waals surface area contributed by atoms with Gasteiger partial charge in [0.1, 0.15) is 10.6 Å². The molecule has 0 spiro atoms. The van der Waals surface area contributed by atoms with E-state index in [-0.39, 0.29) is 5.56 Å². The Morgan fingerprint density at radius 2 is 2.05 bits per heavy atom. The number of rotatable bonds is 5. The molecule has 0 fully saturated rings. The Morgan fingerprint density at radius 1 is 1.32 bits per heavy atom. The quantitative estimate of drug-likeness (QED) is 0.888. The highest BCUT2D eigenvalue weighted by atomic mass is 32.1. The van der Waals surface area contributed by atoms with Gasteiger partial charge in [0, 0.05) is 0 Å². The Hall–Kier alpha value is -1.99. The first kappa shape index (κ1) is 16.4. The highest BCUT2D eigenvalue weighted by Crippen LogP contribution is 2.25. The van der Waals surface area contributed by atoms with Crippen molar-refractivity contribution in [3.8, 4) is 5.75 Å². The smallest absolute Gasteiger partial charge is 0.265 e. The number of hydrogen-bond acceptors (Lipinski definition) is 4. The molecule has 0 aliphatic rings. The number of thiophene rings is 1. The third-order valence-electron chi connectivity index (χ3n) is 3.17. The van der Waals surface area contributed by atoms with E-state index in [4.69, 9.17) is 4.74 Å². The molecule has 118 valence electrons. The van der Waals surface area contributed by atoms with Crippen LogP contribution < -0.4 is 10.1 Å². The zero-order valence-corrected chi connectivity index (χ0v) is 12.8. The number of benzene rings is 1. The number of methoxy groups -OCH3 is 1. The molecule has 4 nitrogen and oxygen atoms in total. The van der Waals surface area contributed by atoms with Crippen LogP contribution in [0.3, 0.4) is 0 Å². The van der Waals surface area contributed by atoms with Crippen molar-refractivity contribution in [1.82, 2.24) is 5.32 Å². The number of carbonyl (C=O) groups is 1. The average molecular weight is 327 g/mol. The van der Waals surface area contributed by atoms with Crippen LogP contribution in [0.2, 0.25) is 0 Å². The molecule has 0 bridgehead atoms. The third kappa shape index (κ3) is 3.42. The second-order valence-corrected chi connectivity index (χ2v) is 5.61. The molecule has 2 atom stereocenters. The number of aliphatic hydroxyl groups excluding tert-OH is 1. The van der Waals surface area contributed by atoms with Crippen molar-refractivity contribution < 1.29 is 23.4 Å². The number of halogens is 2. The number of hydrogen-bond donors (Lipinski definition) is 2.